The molecule has 25 heavy (non-hydrogen) atoms. The van der Waals surface area contributed by atoms with Crippen molar-refractivity contribution in [3.05, 3.63) is 12.2 Å². The number of fused-ring (bicyclic) bond motifs is 3. The van der Waals surface area contributed by atoms with Crippen LogP contribution in [0.2, 0.25) is 0 Å². The van der Waals surface area contributed by atoms with E-state index in [4.69, 9.17) is 4.74 Å². The second-order valence-electron chi connectivity index (χ2n) is 8.80. The average Bonchev–Trinajstić information content (AvgIpc) is 2.61. The molecule has 4 unspecified atom stereocenters. The van der Waals surface area contributed by atoms with Gasteiger partial charge in [0, 0.05) is 6.42 Å². The van der Waals surface area contributed by atoms with Gasteiger partial charge in [-0.25, -0.2) is 0 Å². The van der Waals surface area contributed by atoms with Crippen LogP contribution in [0.4, 0.5) is 0 Å². The van der Waals surface area contributed by atoms with Crippen LogP contribution in [0.15, 0.2) is 12.2 Å². The zero-order valence-corrected chi connectivity index (χ0v) is 15.3. The zero-order valence-electron chi connectivity index (χ0n) is 15.3. The van der Waals surface area contributed by atoms with Crippen LogP contribution >= 0.6 is 0 Å². The number of hydrogen-bond donors (Lipinski definition) is 0. The van der Waals surface area contributed by atoms with Crippen molar-refractivity contribution in [3.63, 3.8) is 0 Å². The smallest absolute Gasteiger partial charge is 0.312 e. The van der Waals surface area contributed by atoms with Gasteiger partial charge in [0.05, 0.1) is 17.4 Å². The number of ketones is 2. The van der Waals surface area contributed by atoms with E-state index in [0.717, 1.165) is 32.1 Å². The fraction of sp³-hybridized carbons (Fsp3) is 0.762. The van der Waals surface area contributed by atoms with E-state index in [0.29, 0.717) is 25.0 Å². The predicted octanol–water partition coefficient (Wildman–Crippen LogP) is 3.49. The summed E-state index contributed by atoms with van der Waals surface area (Å²) in [4.78, 5) is 39.6. The first-order valence-electron chi connectivity index (χ1n) is 9.83. The lowest BCUT2D eigenvalue weighted by molar-refractivity contribution is -0.208. The lowest BCUT2D eigenvalue weighted by Crippen LogP contribution is -2.69. The Morgan fingerprint density at radius 3 is 2.76 bits per heavy atom. The molecule has 1 aliphatic heterocycles. The molecular formula is C21H28O4. The normalized spacial score (nSPS) is 45.8. The van der Waals surface area contributed by atoms with Crippen LogP contribution in [0.1, 0.15) is 58.8 Å². The summed E-state index contributed by atoms with van der Waals surface area (Å²) in [5.74, 6) is -0.00424. The Morgan fingerprint density at radius 2 is 2.04 bits per heavy atom. The molecular weight excluding hydrogens is 316 g/mol. The van der Waals surface area contributed by atoms with Crippen LogP contribution in [0.5, 0.6) is 0 Å². The Kier molecular flexibility index (Phi) is 3.75. The third-order valence-electron chi connectivity index (χ3n) is 7.87. The molecule has 4 aliphatic carbocycles. The summed E-state index contributed by atoms with van der Waals surface area (Å²) in [6.45, 7) is 8.61. The lowest BCUT2D eigenvalue weighted by atomic mass is 9.38. The Bertz CT molecular complexity index is 665. The summed E-state index contributed by atoms with van der Waals surface area (Å²) in [5.41, 5.74) is -1.03. The number of hydrogen-bond acceptors (Lipinski definition) is 4. The third kappa shape index (κ3) is 1.91. The highest BCUT2D eigenvalue weighted by molar-refractivity contribution is 6.17. The molecule has 4 nitrogen and oxygen atoms in total. The summed E-state index contributed by atoms with van der Waals surface area (Å²) in [6.07, 6.45) is 5.21. The van der Waals surface area contributed by atoms with E-state index < -0.39 is 10.8 Å². The first-order chi connectivity index (χ1) is 11.9. The van der Waals surface area contributed by atoms with Gasteiger partial charge in [-0.2, -0.15) is 0 Å². The van der Waals surface area contributed by atoms with E-state index >= 15 is 0 Å². The van der Waals surface area contributed by atoms with Gasteiger partial charge in [0.25, 0.3) is 0 Å². The number of unbranched alkanes of at least 4 members (excludes halogenated alkanes) is 1. The Balaban J connectivity index is 1.88. The largest absolute Gasteiger partial charge is 0.465 e. The molecule has 5 rings (SSSR count). The molecule has 6 atom stereocenters. The minimum absolute atomic E-state index is 0.0174. The summed E-state index contributed by atoms with van der Waals surface area (Å²) >= 11 is 0. The molecule has 136 valence electrons. The SMILES string of the molecule is C=C1C(=O)[C@]23CC[C@H]1CC2C1(CCCC)C(=O)OCC(C)C1CC3=O. The molecule has 2 bridgehead atoms. The summed E-state index contributed by atoms with van der Waals surface area (Å²) in [6, 6.07) is 0. The van der Waals surface area contributed by atoms with Gasteiger partial charge < -0.3 is 4.74 Å². The number of cyclic esters (lactones) is 1. The maximum Gasteiger partial charge on any atom is 0.312 e. The number of Topliss-reactive ketones (excluding diaryl/α,β-unsaturated/α-hetero) is 2. The Hall–Kier alpha value is -1.45. The first kappa shape index (κ1) is 17.0. The van der Waals surface area contributed by atoms with E-state index in [1.807, 2.05) is 0 Å². The van der Waals surface area contributed by atoms with Gasteiger partial charge in [0.1, 0.15) is 5.78 Å². The number of rotatable bonds is 3. The van der Waals surface area contributed by atoms with E-state index in [1.165, 1.54) is 0 Å². The highest BCUT2D eigenvalue weighted by Gasteiger charge is 2.72. The molecule has 0 aromatic carbocycles. The van der Waals surface area contributed by atoms with Gasteiger partial charge in [-0.1, -0.05) is 33.3 Å². The topological polar surface area (TPSA) is 60.4 Å². The summed E-state index contributed by atoms with van der Waals surface area (Å²) in [5, 5.41) is 0. The van der Waals surface area contributed by atoms with Crippen LogP contribution in [0, 0.1) is 34.5 Å². The number of ether oxygens (including phenoxy) is 1. The molecule has 4 heteroatoms. The van der Waals surface area contributed by atoms with E-state index in [-0.39, 0.29) is 41.2 Å². The van der Waals surface area contributed by atoms with E-state index in [9.17, 15) is 14.4 Å². The molecule has 0 aromatic heterocycles. The first-order valence-corrected chi connectivity index (χ1v) is 9.83. The minimum atomic E-state index is -0.994. The van der Waals surface area contributed by atoms with Crippen LogP contribution in [0.25, 0.3) is 0 Å². The maximum atomic E-state index is 13.3. The van der Waals surface area contributed by atoms with Gasteiger partial charge in [-0.15, -0.1) is 0 Å². The molecule has 5 fully saturated rings. The monoisotopic (exact) mass is 344 g/mol. The fourth-order valence-electron chi connectivity index (χ4n) is 6.56. The maximum absolute atomic E-state index is 13.3. The van der Waals surface area contributed by atoms with Crippen LogP contribution < -0.4 is 0 Å². The quantitative estimate of drug-likeness (QED) is 0.447. The van der Waals surface area contributed by atoms with Crippen molar-refractivity contribution < 1.29 is 19.1 Å². The van der Waals surface area contributed by atoms with Crippen molar-refractivity contribution in [3.8, 4) is 0 Å². The molecule has 0 radical (unpaired) electrons. The minimum Gasteiger partial charge on any atom is -0.465 e. The number of allylic oxidation sites excluding steroid dienone is 1. The van der Waals surface area contributed by atoms with Crippen LogP contribution in [-0.4, -0.2) is 24.1 Å². The molecule has 0 amide bonds. The predicted molar refractivity (Wildman–Crippen MR) is 92.6 cm³/mol. The molecule has 1 saturated heterocycles. The van der Waals surface area contributed by atoms with Gasteiger partial charge in [0.15, 0.2) is 5.78 Å². The van der Waals surface area contributed by atoms with Gasteiger partial charge in [-0.3, -0.25) is 14.4 Å². The van der Waals surface area contributed by atoms with Crippen molar-refractivity contribution in [1.82, 2.24) is 0 Å². The van der Waals surface area contributed by atoms with Crippen molar-refractivity contribution in [2.75, 3.05) is 6.61 Å². The molecule has 1 heterocycles. The zero-order chi connectivity index (χ0) is 18.0. The number of carbonyl (C=O) groups is 3. The summed E-state index contributed by atoms with van der Waals surface area (Å²) < 4.78 is 5.63. The Morgan fingerprint density at radius 1 is 1.28 bits per heavy atom. The molecule has 0 N–H and O–H groups in total. The van der Waals surface area contributed by atoms with Crippen molar-refractivity contribution in [1.29, 1.82) is 0 Å². The second-order valence-corrected chi connectivity index (χ2v) is 8.80. The molecule has 1 spiro atoms. The lowest BCUT2D eigenvalue weighted by Gasteiger charge is -2.63. The molecule has 5 aliphatic rings. The average molecular weight is 344 g/mol. The fourth-order valence-corrected chi connectivity index (χ4v) is 6.56. The second kappa shape index (κ2) is 5.52. The van der Waals surface area contributed by atoms with E-state index in [2.05, 4.69) is 20.4 Å². The number of carbonyl (C=O) groups excluding carboxylic acids is 3. The highest BCUT2D eigenvalue weighted by Crippen LogP contribution is 2.67. The van der Waals surface area contributed by atoms with Crippen molar-refractivity contribution in [2.24, 2.45) is 34.5 Å². The molecule has 0 aromatic rings. The summed E-state index contributed by atoms with van der Waals surface area (Å²) in [7, 11) is 0. The van der Waals surface area contributed by atoms with Gasteiger partial charge >= 0.3 is 5.97 Å². The van der Waals surface area contributed by atoms with E-state index in [1.54, 1.807) is 0 Å². The third-order valence-corrected chi connectivity index (χ3v) is 7.87. The van der Waals surface area contributed by atoms with Crippen molar-refractivity contribution >= 4 is 17.5 Å². The Labute approximate surface area is 149 Å². The van der Waals surface area contributed by atoms with Crippen LogP contribution in [-0.2, 0) is 19.1 Å². The number of esters is 1. The standard InChI is InChI=1S/C21H28O4/c1-4-5-7-20-15(12(2)11-25-19(20)24)10-17(22)21-8-6-14(9-16(20)21)13(3)18(21)23/h12,14-16H,3-11H2,1-2H3/t12?,14-,15?,16?,20?,21+/m0/s1. The van der Waals surface area contributed by atoms with Crippen molar-refractivity contribution in [2.45, 2.75) is 58.8 Å². The van der Waals surface area contributed by atoms with Crippen LogP contribution in [0.3, 0.4) is 0 Å². The van der Waals surface area contributed by atoms with Gasteiger partial charge in [-0.05, 0) is 54.9 Å². The highest BCUT2D eigenvalue weighted by atomic mass is 16.5. The van der Waals surface area contributed by atoms with Gasteiger partial charge in [0.2, 0.25) is 0 Å². The molecule has 4 saturated carbocycles.